The Morgan fingerprint density at radius 3 is 2.10 bits per heavy atom. The van der Waals surface area contributed by atoms with E-state index in [0.29, 0.717) is 0 Å². The fourth-order valence-electron chi connectivity index (χ4n) is 6.46. The molecule has 0 atom stereocenters. The molecule has 0 N–H and O–H groups in total. The number of benzene rings is 6. The van der Waals surface area contributed by atoms with Crippen LogP contribution in [0.5, 0.6) is 0 Å². The molecule has 7 aromatic rings. The van der Waals surface area contributed by atoms with Crippen molar-refractivity contribution < 1.29 is 0 Å². The first-order valence-electron chi connectivity index (χ1n) is 13.5. The van der Waals surface area contributed by atoms with Gasteiger partial charge in [0.1, 0.15) is 0 Å². The van der Waals surface area contributed by atoms with Crippen LogP contribution < -0.4 is 0 Å². The number of hydrogen-bond acceptors (Lipinski definition) is 2. The molecule has 0 saturated heterocycles. The molecule has 6 aromatic carbocycles. The monoisotopic (exact) mass is 498 g/mol. The minimum atomic E-state index is -0.0347. The SMILES string of the molecule is CC1(C)c2ccccc2-c2c1ccc1ccc(-c3nc4c(ccc5ccccc54)nc3-c3ccccc3)cc21. The van der Waals surface area contributed by atoms with Crippen molar-refractivity contribution in [3.8, 4) is 33.6 Å². The zero-order valence-electron chi connectivity index (χ0n) is 21.9. The zero-order chi connectivity index (χ0) is 26.1. The summed E-state index contributed by atoms with van der Waals surface area (Å²) < 4.78 is 0. The molecule has 1 aliphatic carbocycles. The van der Waals surface area contributed by atoms with E-state index in [0.717, 1.165) is 38.9 Å². The van der Waals surface area contributed by atoms with Gasteiger partial charge in [-0.2, -0.15) is 0 Å². The summed E-state index contributed by atoms with van der Waals surface area (Å²) in [4.78, 5) is 10.6. The van der Waals surface area contributed by atoms with Crippen molar-refractivity contribution in [2.45, 2.75) is 19.3 Å². The highest BCUT2D eigenvalue weighted by atomic mass is 14.8. The molecule has 1 aliphatic rings. The lowest BCUT2D eigenvalue weighted by atomic mass is 9.82. The number of nitrogens with zero attached hydrogens (tertiary/aromatic N) is 2. The van der Waals surface area contributed by atoms with E-state index in [-0.39, 0.29) is 5.41 Å². The van der Waals surface area contributed by atoms with Gasteiger partial charge in [-0.1, -0.05) is 123 Å². The Hall–Kier alpha value is -4.82. The van der Waals surface area contributed by atoms with E-state index in [4.69, 9.17) is 9.97 Å². The number of hydrogen-bond donors (Lipinski definition) is 0. The van der Waals surface area contributed by atoms with Crippen molar-refractivity contribution in [2.24, 2.45) is 0 Å². The van der Waals surface area contributed by atoms with Crippen LogP contribution in [0.25, 0.3) is 66.2 Å². The van der Waals surface area contributed by atoms with Crippen molar-refractivity contribution in [1.82, 2.24) is 9.97 Å². The minimum absolute atomic E-state index is 0.0347. The Morgan fingerprint density at radius 2 is 1.21 bits per heavy atom. The molecule has 0 aliphatic heterocycles. The largest absolute Gasteiger partial charge is 0.244 e. The van der Waals surface area contributed by atoms with Crippen LogP contribution in [-0.2, 0) is 5.41 Å². The van der Waals surface area contributed by atoms with Crippen molar-refractivity contribution in [1.29, 1.82) is 0 Å². The van der Waals surface area contributed by atoms with Crippen LogP contribution in [0.2, 0.25) is 0 Å². The highest BCUT2D eigenvalue weighted by Gasteiger charge is 2.36. The maximum atomic E-state index is 5.36. The second-order valence-corrected chi connectivity index (χ2v) is 11.0. The van der Waals surface area contributed by atoms with Gasteiger partial charge in [-0.25, -0.2) is 9.97 Å². The lowest BCUT2D eigenvalue weighted by Crippen LogP contribution is -2.14. The van der Waals surface area contributed by atoms with Gasteiger partial charge < -0.3 is 0 Å². The van der Waals surface area contributed by atoms with E-state index in [2.05, 4.69) is 129 Å². The number of aromatic nitrogens is 2. The summed E-state index contributed by atoms with van der Waals surface area (Å²) in [5.74, 6) is 0. The van der Waals surface area contributed by atoms with Crippen LogP contribution >= 0.6 is 0 Å². The molecule has 0 fully saturated rings. The van der Waals surface area contributed by atoms with Crippen LogP contribution in [0.3, 0.4) is 0 Å². The van der Waals surface area contributed by atoms with Crippen molar-refractivity contribution in [3.63, 3.8) is 0 Å². The van der Waals surface area contributed by atoms with Gasteiger partial charge in [0.05, 0.1) is 22.4 Å². The maximum absolute atomic E-state index is 5.36. The van der Waals surface area contributed by atoms with Crippen LogP contribution in [-0.4, -0.2) is 9.97 Å². The van der Waals surface area contributed by atoms with Gasteiger partial charge >= 0.3 is 0 Å². The van der Waals surface area contributed by atoms with Gasteiger partial charge in [0, 0.05) is 21.9 Å². The molecule has 39 heavy (non-hydrogen) atoms. The van der Waals surface area contributed by atoms with E-state index in [1.165, 1.54) is 38.4 Å². The van der Waals surface area contributed by atoms with Gasteiger partial charge in [-0.3, -0.25) is 0 Å². The van der Waals surface area contributed by atoms with E-state index >= 15 is 0 Å². The predicted octanol–water partition coefficient (Wildman–Crippen LogP) is 9.58. The maximum Gasteiger partial charge on any atom is 0.0973 e. The third-order valence-corrected chi connectivity index (χ3v) is 8.44. The van der Waals surface area contributed by atoms with Crippen molar-refractivity contribution in [2.75, 3.05) is 0 Å². The molecule has 0 radical (unpaired) electrons. The summed E-state index contributed by atoms with van der Waals surface area (Å²) in [7, 11) is 0. The molecule has 1 heterocycles. The predicted molar refractivity (Wildman–Crippen MR) is 163 cm³/mol. The fourth-order valence-corrected chi connectivity index (χ4v) is 6.46. The Balaban J connectivity index is 1.46. The van der Waals surface area contributed by atoms with Gasteiger partial charge in [-0.05, 0) is 50.5 Å². The second-order valence-electron chi connectivity index (χ2n) is 11.0. The molecule has 0 bridgehead atoms. The molecule has 1 aromatic heterocycles. The van der Waals surface area contributed by atoms with Gasteiger partial charge in [0.15, 0.2) is 0 Å². The molecule has 0 saturated carbocycles. The Labute approximate surface area is 227 Å². The van der Waals surface area contributed by atoms with E-state index in [1.54, 1.807) is 0 Å². The smallest absolute Gasteiger partial charge is 0.0973 e. The highest BCUT2D eigenvalue weighted by Crippen LogP contribution is 2.51. The average molecular weight is 499 g/mol. The summed E-state index contributed by atoms with van der Waals surface area (Å²) in [6.45, 7) is 4.67. The Morgan fingerprint density at radius 1 is 0.513 bits per heavy atom. The van der Waals surface area contributed by atoms with Crippen molar-refractivity contribution >= 4 is 32.6 Å². The first-order valence-corrected chi connectivity index (χ1v) is 13.5. The topological polar surface area (TPSA) is 25.8 Å². The van der Waals surface area contributed by atoms with Crippen LogP contribution in [0.1, 0.15) is 25.0 Å². The van der Waals surface area contributed by atoms with Crippen molar-refractivity contribution in [3.05, 3.63) is 132 Å². The summed E-state index contributed by atoms with van der Waals surface area (Å²) >= 11 is 0. The average Bonchev–Trinajstić information content (AvgIpc) is 3.23. The second kappa shape index (κ2) is 8.09. The van der Waals surface area contributed by atoms with Gasteiger partial charge in [0.2, 0.25) is 0 Å². The molecular formula is C37H26N2. The van der Waals surface area contributed by atoms with Crippen LogP contribution in [0.4, 0.5) is 0 Å². The molecule has 2 heteroatoms. The number of rotatable bonds is 2. The van der Waals surface area contributed by atoms with E-state index < -0.39 is 0 Å². The molecular weight excluding hydrogens is 472 g/mol. The quantitative estimate of drug-likeness (QED) is 0.222. The first kappa shape index (κ1) is 22.2. The van der Waals surface area contributed by atoms with Crippen LogP contribution in [0, 0.1) is 0 Å². The lowest BCUT2D eigenvalue weighted by molar-refractivity contribution is 0.661. The summed E-state index contributed by atoms with van der Waals surface area (Å²) in [5.41, 5.74) is 11.2. The third kappa shape index (κ3) is 3.21. The van der Waals surface area contributed by atoms with Gasteiger partial charge in [-0.15, -0.1) is 0 Å². The standard InChI is InChI=1S/C37H26N2/c1-37(2)30-15-9-8-14-28(30)33-29-22-26(17-16-24(29)18-20-31(33)37)35-34(25-11-4-3-5-12-25)38-32-21-19-23-10-6-7-13-27(23)36(32)39-35/h3-22H,1-2H3. The first-order chi connectivity index (χ1) is 19.1. The minimum Gasteiger partial charge on any atom is -0.244 e. The summed E-state index contributed by atoms with van der Waals surface area (Å²) in [6.07, 6.45) is 0. The third-order valence-electron chi connectivity index (χ3n) is 8.44. The molecule has 0 spiro atoms. The Kier molecular flexibility index (Phi) is 4.60. The van der Waals surface area contributed by atoms with Gasteiger partial charge in [0.25, 0.3) is 0 Å². The molecule has 2 nitrogen and oxygen atoms in total. The summed E-state index contributed by atoms with van der Waals surface area (Å²) in [5, 5.41) is 4.81. The van der Waals surface area contributed by atoms with E-state index in [1.807, 2.05) is 6.07 Å². The van der Waals surface area contributed by atoms with E-state index in [9.17, 15) is 0 Å². The Bertz CT molecular complexity index is 2090. The molecule has 184 valence electrons. The molecule has 8 rings (SSSR count). The molecule has 0 unspecified atom stereocenters. The zero-order valence-corrected chi connectivity index (χ0v) is 21.9. The van der Waals surface area contributed by atoms with Crippen LogP contribution in [0.15, 0.2) is 121 Å². The summed E-state index contributed by atoms with van der Waals surface area (Å²) in [6, 6.07) is 43.3. The molecule has 0 amide bonds. The lowest BCUT2D eigenvalue weighted by Gasteiger charge is -2.21. The number of fused-ring (bicyclic) bond motifs is 8. The normalized spacial score (nSPS) is 13.6. The fraction of sp³-hybridized carbons (Fsp3) is 0.0811. The highest BCUT2D eigenvalue weighted by molar-refractivity contribution is 6.07.